The van der Waals surface area contributed by atoms with E-state index in [4.69, 9.17) is 5.73 Å². The minimum Gasteiger partial charge on any atom is -0.395 e. The number of nitrogens with two attached hydrogens (primary N) is 1. The lowest BCUT2D eigenvalue weighted by Gasteiger charge is -2.27. The van der Waals surface area contributed by atoms with Crippen LogP contribution in [0.2, 0.25) is 0 Å². The molecule has 1 amide bonds. The summed E-state index contributed by atoms with van der Waals surface area (Å²) in [6.45, 7) is 1.26. The largest absolute Gasteiger partial charge is 0.395 e. The van der Waals surface area contributed by atoms with Crippen LogP contribution in [-0.4, -0.2) is 56.3 Å². The van der Waals surface area contributed by atoms with Gasteiger partial charge in [-0.3, -0.25) is 14.2 Å². The Morgan fingerprint density at radius 2 is 2.10 bits per heavy atom. The molecule has 0 spiro atoms. The van der Waals surface area contributed by atoms with Crippen LogP contribution in [0.5, 0.6) is 0 Å². The molecule has 1 aromatic carbocycles. The summed E-state index contributed by atoms with van der Waals surface area (Å²) in [5.41, 5.74) is 6.96. The van der Waals surface area contributed by atoms with Crippen molar-refractivity contribution in [2.75, 3.05) is 35.2 Å². The fourth-order valence-corrected chi connectivity index (χ4v) is 4.37. The zero-order valence-corrected chi connectivity index (χ0v) is 16.2. The zero-order valence-electron chi connectivity index (χ0n) is 16.2. The van der Waals surface area contributed by atoms with E-state index in [0.29, 0.717) is 34.5 Å². The van der Waals surface area contributed by atoms with Crippen LogP contribution in [0.1, 0.15) is 23.2 Å². The maximum atomic E-state index is 13.5. The van der Waals surface area contributed by atoms with E-state index in [-0.39, 0.29) is 36.6 Å². The molecule has 30 heavy (non-hydrogen) atoms. The SMILES string of the molecule is Nc1ncc2c(n1)N1CCC[C@H]1CN(c1cccc3c(=O)n(CCO)cnc13)C2=O. The van der Waals surface area contributed by atoms with Crippen LogP contribution >= 0.6 is 0 Å². The van der Waals surface area contributed by atoms with Gasteiger partial charge in [0.1, 0.15) is 16.9 Å². The Balaban J connectivity index is 1.68. The molecule has 3 N–H and O–H groups in total. The summed E-state index contributed by atoms with van der Waals surface area (Å²) in [6.07, 6.45) is 4.80. The number of nitrogen functional groups attached to an aromatic ring is 1. The highest BCUT2D eigenvalue weighted by Gasteiger charge is 2.38. The minimum absolute atomic E-state index is 0.0921. The van der Waals surface area contributed by atoms with Crippen LogP contribution < -0.4 is 21.1 Å². The smallest absolute Gasteiger partial charge is 0.263 e. The van der Waals surface area contributed by atoms with Gasteiger partial charge in [0.25, 0.3) is 11.5 Å². The first-order valence-corrected chi connectivity index (χ1v) is 9.88. The number of fused-ring (bicyclic) bond motifs is 4. The van der Waals surface area contributed by atoms with E-state index < -0.39 is 0 Å². The second-order valence-electron chi connectivity index (χ2n) is 7.51. The molecule has 0 saturated carbocycles. The predicted octanol–water partition coefficient (Wildman–Crippen LogP) is 0.390. The molecule has 3 aromatic rings. The number of carbonyl (C=O) groups is 1. The average molecular weight is 407 g/mol. The second kappa shape index (κ2) is 7.06. The summed E-state index contributed by atoms with van der Waals surface area (Å²) in [5.74, 6) is 0.459. The summed E-state index contributed by atoms with van der Waals surface area (Å²) in [4.78, 5) is 42.9. The molecule has 0 bridgehead atoms. The lowest BCUT2D eigenvalue weighted by molar-refractivity contribution is 0.0988. The van der Waals surface area contributed by atoms with Gasteiger partial charge >= 0.3 is 0 Å². The van der Waals surface area contributed by atoms with E-state index in [1.54, 1.807) is 23.1 Å². The van der Waals surface area contributed by atoms with Crippen molar-refractivity contribution in [3.8, 4) is 0 Å². The topological polar surface area (TPSA) is 130 Å². The number of aliphatic hydroxyl groups is 1. The number of carbonyl (C=O) groups excluding carboxylic acids is 1. The van der Waals surface area contributed by atoms with Crippen LogP contribution in [0.4, 0.5) is 17.5 Å². The Labute approximate surface area is 171 Å². The van der Waals surface area contributed by atoms with Crippen molar-refractivity contribution < 1.29 is 9.90 Å². The molecule has 10 nitrogen and oxygen atoms in total. The molecule has 2 aliphatic rings. The van der Waals surface area contributed by atoms with Gasteiger partial charge < -0.3 is 20.6 Å². The van der Waals surface area contributed by atoms with E-state index in [0.717, 1.165) is 19.4 Å². The van der Waals surface area contributed by atoms with E-state index in [2.05, 4.69) is 19.9 Å². The third-order valence-corrected chi connectivity index (χ3v) is 5.77. The summed E-state index contributed by atoms with van der Waals surface area (Å²) in [6, 6.07) is 5.32. The highest BCUT2D eigenvalue weighted by atomic mass is 16.3. The Kier molecular flexibility index (Phi) is 4.35. The monoisotopic (exact) mass is 407 g/mol. The Bertz CT molecular complexity index is 1210. The molecule has 5 rings (SSSR count). The number of rotatable bonds is 3. The van der Waals surface area contributed by atoms with Gasteiger partial charge in [-0.25, -0.2) is 9.97 Å². The lowest BCUT2D eigenvalue weighted by atomic mass is 10.1. The van der Waals surface area contributed by atoms with E-state index in [1.165, 1.54) is 17.1 Å². The second-order valence-corrected chi connectivity index (χ2v) is 7.51. The lowest BCUT2D eigenvalue weighted by Crippen LogP contribution is -2.40. The molecular formula is C20H21N7O3. The standard InChI is InChI=1S/C20H21N7O3/c21-20-22-9-14-17(24-20)26-6-2-3-12(26)10-27(19(14)30)15-5-1-4-13-16(15)23-11-25(7-8-28)18(13)29/h1,4-5,9,11-12,28H,2-3,6-8,10H2,(H2,21,22,24)/t12-/m0/s1. The van der Waals surface area contributed by atoms with Crippen molar-refractivity contribution in [3.63, 3.8) is 0 Å². The van der Waals surface area contributed by atoms with E-state index in [9.17, 15) is 14.7 Å². The molecule has 4 heterocycles. The van der Waals surface area contributed by atoms with Crippen molar-refractivity contribution in [1.29, 1.82) is 0 Å². The number of hydrogen-bond acceptors (Lipinski definition) is 8. The molecule has 0 radical (unpaired) electrons. The number of nitrogens with zero attached hydrogens (tertiary/aromatic N) is 6. The van der Waals surface area contributed by atoms with Crippen LogP contribution in [-0.2, 0) is 6.54 Å². The maximum Gasteiger partial charge on any atom is 0.263 e. The summed E-state index contributed by atoms with van der Waals surface area (Å²) >= 11 is 0. The van der Waals surface area contributed by atoms with Crippen molar-refractivity contribution in [2.45, 2.75) is 25.4 Å². The molecule has 1 atom stereocenters. The maximum absolute atomic E-state index is 13.5. The first-order valence-electron chi connectivity index (χ1n) is 9.88. The Morgan fingerprint density at radius 1 is 1.23 bits per heavy atom. The summed E-state index contributed by atoms with van der Waals surface area (Å²) in [7, 11) is 0. The molecule has 154 valence electrons. The highest BCUT2D eigenvalue weighted by molar-refractivity contribution is 6.12. The van der Waals surface area contributed by atoms with Gasteiger partial charge in [-0.05, 0) is 25.0 Å². The van der Waals surface area contributed by atoms with Crippen molar-refractivity contribution >= 4 is 34.3 Å². The Morgan fingerprint density at radius 3 is 2.93 bits per heavy atom. The van der Waals surface area contributed by atoms with Crippen LogP contribution in [0.3, 0.4) is 0 Å². The van der Waals surface area contributed by atoms with Gasteiger partial charge in [0.2, 0.25) is 5.95 Å². The number of para-hydroxylation sites is 1. The van der Waals surface area contributed by atoms with Crippen molar-refractivity contribution in [2.24, 2.45) is 0 Å². The van der Waals surface area contributed by atoms with Crippen molar-refractivity contribution in [1.82, 2.24) is 19.5 Å². The normalized spacial score (nSPS) is 18.4. The van der Waals surface area contributed by atoms with Crippen LogP contribution in [0.25, 0.3) is 10.9 Å². The Hall–Kier alpha value is -3.53. The summed E-state index contributed by atoms with van der Waals surface area (Å²) in [5, 5.41) is 9.57. The molecule has 1 fully saturated rings. The number of amides is 1. The predicted molar refractivity (Wildman–Crippen MR) is 112 cm³/mol. The first-order chi connectivity index (χ1) is 14.6. The minimum atomic E-state index is -0.253. The van der Waals surface area contributed by atoms with Gasteiger partial charge in [-0.15, -0.1) is 0 Å². The average Bonchev–Trinajstić information content (AvgIpc) is 3.18. The fraction of sp³-hybridized carbons (Fsp3) is 0.350. The molecule has 0 unspecified atom stereocenters. The zero-order chi connectivity index (χ0) is 20.8. The van der Waals surface area contributed by atoms with Gasteiger partial charge in [0.15, 0.2) is 0 Å². The third kappa shape index (κ3) is 2.79. The van der Waals surface area contributed by atoms with Gasteiger partial charge in [0.05, 0.1) is 30.6 Å². The van der Waals surface area contributed by atoms with Gasteiger partial charge in [0, 0.05) is 25.3 Å². The quantitative estimate of drug-likeness (QED) is 0.638. The number of aliphatic hydroxyl groups excluding tert-OH is 1. The molecule has 2 aliphatic heterocycles. The number of hydrogen-bond donors (Lipinski definition) is 2. The van der Waals surface area contributed by atoms with E-state index in [1.807, 2.05) is 0 Å². The number of benzene rings is 1. The third-order valence-electron chi connectivity index (χ3n) is 5.77. The first kappa shape index (κ1) is 18.5. The highest BCUT2D eigenvalue weighted by Crippen LogP contribution is 2.35. The number of aromatic nitrogens is 4. The van der Waals surface area contributed by atoms with Gasteiger partial charge in [-0.1, -0.05) is 6.07 Å². The molecule has 0 aliphatic carbocycles. The number of anilines is 3. The fourth-order valence-electron chi connectivity index (χ4n) is 4.37. The van der Waals surface area contributed by atoms with Crippen molar-refractivity contribution in [3.05, 3.63) is 46.6 Å². The molecular weight excluding hydrogens is 386 g/mol. The van der Waals surface area contributed by atoms with Crippen LogP contribution in [0.15, 0.2) is 35.5 Å². The van der Waals surface area contributed by atoms with E-state index >= 15 is 0 Å². The molecule has 10 heteroatoms. The summed E-state index contributed by atoms with van der Waals surface area (Å²) < 4.78 is 1.36. The molecule has 2 aromatic heterocycles. The van der Waals surface area contributed by atoms with Gasteiger partial charge in [-0.2, -0.15) is 4.98 Å². The molecule has 1 saturated heterocycles. The van der Waals surface area contributed by atoms with Crippen LogP contribution in [0, 0.1) is 0 Å².